The third-order valence-corrected chi connectivity index (χ3v) is 6.32. The molecule has 1 saturated heterocycles. The van der Waals surface area contributed by atoms with Crippen LogP contribution in [0.3, 0.4) is 0 Å². The molecule has 2 aliphatic rings. The molecule has 7 heteroatoms. The Morgan fingerprint density at radius 1 is 1.29 bits per heavy atom. The van der Waals surface area contributed by atoms with Crippen molar-refractivity contribution in [2.45, 2.75) is 44.6 Å². The van der Waals surface area contributed by atoms with Gasteiger partial charge in [0, 0.05) is 46.5 Å². The number of ether oxygens (including phenoxy) is 1. The fraction of sp³-hybridized carbons (Fsp3) is 0.583. The van der Waals surface area contributed by atoms with E-state index in [9.17, 15) is 0 Å². The number of likely N-dealkylation sites (tertiary alicyclic amines) is 1. The smallest absolute Gasteiger partial charge is 0.193 e. The number of rotatable bonds is 7. The molecule has 1 aliphatic heterocycles. The fourth-order valence-corrected chi connectivity index (χ4v) is 4.81. The normalized spacial score (nSPS) is 21.0. The van der Waals surface area contributed by atoms with Gasteiger partial charge in [-0.15, -0.1) is 24.0 Å². The second kappa shape index (κ2) is 11.9. The largest absolute Gasteiger partial charge is 0.373 e. The Morgan fingerprint density at radius 3 is 2.97 bits per heavy atom. The van der Waals surface area contributed by atoms with Crippen molar-refractivity contribution in [3.8, 4) is 0 Å². The van der Waals surface area contributed by atoms with Crippen LogP contribution in [0.2, 0.25) is 0 Å². The molecule has 2 unspecified atom stereocenters. The van der Waals surface area contributed by atoms with Crippen LogP contribution in [-0.4, -0.2) is 53.9 Å². The molecular weight excluding hydrogens is 501 g/mol. The number of hydrogen-bond acceptors (Lipinski definition) is 3. The lowest BCUT2D eigenvalue weighted by atomic mass is 9.89. The van der Waals surface area contributed by atoms with E-state index >= 15 is 0 Å². The number of halogens is 1. The Labute approximate surface area is 203 Å². The number of aliphatic imine (C=N–C) groups is 1. The average Bonchev–Trinajstić information content (AvgIpc) is 3.40. The standard InChI is InChI=1S/C24H35N5O.HI/c1-25-24(29-13-11-19(18-29)15-20-16-27-28(2)17-20)26-12-6-14-30-23-10-5-8-21-7-3-4-9-22(21)23;/h3-4,7,9,16-17,19,23H,5-6,8,10-15,18H2,1-2H3,(H,25,26);1H. The first-order valence-corrected chi connectivity index (χ1v) is 11.4. The summed E-state index contributed by atoms with van der Waals surface area (Å²) in [5.74, 6) is 1.69. The first-order valence-electron chi connectivity index (χ1n) is 11.4. The van der Waals surface area contributed by atoms with E-state index in [2.05, 4.69) is 50.8 Å². The number of nitrogens with one attached hydrogen (secondary N) is 1. The summed E-state index contributed by atoms with van der Waals surface area (Å²) in [6, 6.07) is 8.74. The third kappa shape index (κ3) is 6.44. The van der Waals surface area contributed by atoms with E-state index in [0.29, 0.717) is 5.92 Å². The van der Waals surface area contributed by atoms with Gasteiger partial charge >= 0.3 is 0 Å². The predicted octanol–water partition coefficient (Wildman–Crippen LogP) is 3.96. The van der Waals surface area contributed by atoms with Gasteiger partial charge in [0.25, 0.3) is 0 Å². The highest BCUT2D eigenvalue weighted by molar-refractivity contribution is 14.0. The van der Waals surface area contributed by atoms with Crippen molar-refractivity contribution in [1.29, 1.82) is 0 Å². The van der Waals surface area contributed by atoms with Crippen molar-refractivity contribution >= 4 is 29.9 Å². The average molecular weight is 537 g/mol. The molecule has 4 rings (SSSR count). The van der Waals surface area contributed by atoms with Crippen molar-refractivity contribution < 1.29 is 4.74 Å². The summed E-state index contributed by atoms with van der Waals surface area (Å²) in [7, 11) is 3.86. The van der Waals surface area contributed by atoms with E-state index < -0.39 is 0 Å². The number of aryl methyl sites for hydroxylation is 2. The van der Waals surface area contributed by atoms with Crippen LogP contribution >= 0.6 is 24.0 Å². The number of nitrogens with zero attached hydrogens (tertiary/aromatic N) is 4. The van der Waals surface area contributed by atoms with Gasteiger partial charge in [-0.05, 0) is 61.1 Å². The zero-order chi connectivity index (χ0) is 20.8. The summed E-state index contributed by atoms with van der Waals surface area (Å²) in [5, 5.41) is 7.82. The van der Waals surface area contributed by atoms with Gasteiger partial charge in [-0.25, -0.2) is 0 Å². The summed E-state index contributed by atoms with van der Waals surface area (Å²) >= 11 is 0. The lowest BCUT2D eigenvalue weighted by molar-refractivity contribution is 0.0397. The molecule has 31 heavy (non-hydrogen) atoms. The van der Waals surface area contributed by atoms with Crippen LogP contribution in [0.25, 0.3) is 0 Å². The van der Waals surface area contributed by atoms with Gasteiger partial charge in [-0.3, -0.25) is 9.67 Å². The molecule has 1 fully saturated rings. The predicted molar refractivity (Wildman–Crippen MR) is 136 cm³/mol. The van der Waals surface area contributed by atoms with Crippen LogP contribution in [0.4, 0.5) is 0 Å². The van der Waals surface area contributed by atoms with E-state index in [1.807, 2.05) is 25.0 Å². The number of benzene rings is 1. The third-order valence-electron chi connectivity index (χ3n) is 6.32. The maximum Gasteiger partial charge on any atom is 0.193 e. The van der Waals surface area contributed by atoms with Crippen molar-refractivity contribution in [1.82, 2.24) is 20.0 Å². The van der Waals surface area contributed by atoms with Gasteiger partial charge in [0.1, 0.15) is 0 Å². The Balaban J connectivity index is 0.00000272. The second-order valence-corrected chi connectivity index (χ2v) is 8.61. The second-order valence-electron chi connectivity index (χ2n) is 8.61. The molecule has 0 radical (unpaired) electrons. The molecular formula is C24H36IN5O. The first kappa shape index (κ1) is 24.0. The van der Waals surface area contributed by atoms with Crippen molar-refractivity contribution in [2.75, 3.05) is 33.3 Å². The van der Waals surface area contributed by atoms with Crippen LogP contribution in [0.5, 0.6) is 0 Å². The molecule has 2 heterocycles. The molecule has 6 nitrogen and oxygen atoms in total. The SMILES string of the molecule is CN=C(NCCCOC1CCCc2ccccc21)N1CCC(Cc2cnn(C)c2)C1.I. The summed E-state index contributed by atoms with van der Waals surface area (Å²) in [4.78, 5) is 6.90. The first-order chi connectivity index (χ1) is 14.7. The highest BCUT2D eigenvalue weighted by Gasteiger charge is 2.25. The molecule has 1 N–H and O–H groups in total. The van der Waals surface area contributed by atoms with Gasteiger partial charge in [0.15, 0.2) is 5.96 Å². The minimum absolute atomic E-state index is 0. The van der Waals surface area contributed by atoms with Crippen LogP contribution in [-0.2, 0) is 24.6 Å². The van der Waals surface area contributed by atoms with E-state index in [0.717, 1.165) is 51.5 Å². The molecule has 1 aromatic heterocycles. The van der Waals surface area contributed by atoms with Crippen LogP contribution < -0.4 is 5.32 Å². The van der Waals surface area contributed by atoms with Gasteiger partial charge in [-0.2, -0.15) is 5.10 Å². The Morgan fingerprint density at radius 2 is 2.16 bits per heavy atom. The van der Waals surface area contributed by atoms with E-state index in [4.69, 9.17) is 4.74 Å². The molecule has 170 valence electrons. The number of guanidine groups is 1. The summed E-state index contributed by atoms with van der Waals surface area (Å²) in [6.07, 6.45) is 11.2. The topological polar surface area (TPSA) is 54.7 Å². The quantitative estimate of drug-likeness (QED) is 0.252. The molecule has 0 spiro atoms. The van der Waals surface area contributed by atoms with E-state index in [1.54, 1.807) is 0 Å². The zero-order valence-electron chi connectivity index (χ0n) is 18.8. The Bertz CT molecular complexity index is 852. The van der Waals surface area contributed by atoms with Crippen molar-refractivity contribution in [3.05, 3.63) is 53.3 Å². The van der Waals surface area contributed by atoms with Gasteiger partial charge in [0.2, 0.25) is 0 Å². The van der Waals surface area contributed by atoms with Crippen molar-refractivity contribution in [2.24, 2.45) is 18.0 Å². The van der Waals surface area contributed by atoms with E-state index in [-0.39, 0.29) is 30.1 Å². The Hall–Kier alpha value is -1.61. The number of hydrogen-bond donors (Lipinski definition) is 1. The summed E-state index contributed by atoms with van der Waals surface area (Å²) < 4.78 is 8.12. The summed E-state index contributed by atoms with van der Waals surface area (Å²) in [6.45, 7) is 3.81. The molecule has 1 aliphatic carbocycles. The van der Waals surface area contributed by atoms with Gasteiger partial charge in [0.05, 0.1) is 12.3 Å². The van der Waals surface area contributed by atoms with Gasteiger partial charge < -0.3 is 15.0 Å². The van der Waals surface area contributed by atoms with Gasteiger partial charge in [-0.1, -0.05) is 24.3 Å². The maximum atomic E-state index is 6.23. The molecule has 1 aromatic carbocycles. The van der Waals surface area contributed by atoms with Crippen LogP contribution in [0.1, 0.15) is 48.5 Å². The molecule has 0 saturated carbocycles. The highest BCUT2D eigenvalue weighted by Crippen LogP contribution is 2.32. The minimum Gasteiger partial charge on any atom is -0.373 e. The monoisotopic (exact) mass is 537 g/mol. The summed E-state index contributed by atoms with van der Waals surface area (Å²) in [5.41, 5.74) is 4.18. The number of fused-ring (bicyclic) bond motifs is 1. The minimum atomic E-state index is 0. The lowest BCUT2D eigenvalue weighted by Crippen LogP contribution is -2.40. The molecule has 0 bridgehead atoms. The highest BCUT2D eigenvalue weighted by atomic mass is 127. The zero-order valence-corrected chi connectivity index (χ0v) is 21.1. The Kier molecular flexibility index (Phi) is 9.19. The molecule has 0 amide bonds. The van der Waals surface area contributed by atoms with Crippen molar-refractivity contribution in [3.63, 3.8) is 0 Å². The number of aromatic nitrogens is 2. The van der Waals surface area contributed by atoms with E-state index in [1.165, 1.54) is 36.0 Å². The maximum absolute atomic E-state index is 6.23. The van der Waals surface area contributed by atoms with Crippen LogP contribution in [0, 0.1) is 5.92 Å². The lowest BCUT2D eigenvalue weighted by Gasteiger charge is -2.26. The molecule has 2 aromatic rings. The fourth-order valence-electron chi connectivity index (χ4n) is 4.81. The van der Waals surface area contributed by atoms with Crippen LogP contribution in [0.15, 0.2) is 41.7 Å². The molecule has 2 atom stereocenters.